The highest BCUT2D eigenvalue weighted by Crippen LogP contribution is 2.48. The number of nitrogens with zero attached hydrogens (tertiary/aromatic N) is 4. The molecule has 2 saturated heterocycles. The summed E-state index contributed by atoms with van der Waals surface area (Å²) in [5.74, 6) is -3.11. The molecule has 17 nitrogen and oxygen atoms in total. The number of sulfonamides is 1. The Morgan fingerprint density at radius 1 is 1.07 bits per heavy atom. The number of hydrogen-bond donors (Lipinski definition) is 3. The number of ether oxygens (including phenoxy) is 4. The maximum Gasteiger partial charge on any atom is 0.430 e. The molecule has 2 saturated carbocycles. The van der Waals surface area contributed by atoms with Gasteiger partial charge in [0, 0.05) is 66.9 Å². The summed E-state index contributed by atoms with van der Waals surface area (Å²) in [5, 5.41) is 7.66. The number of hydrogen-bond acceptors (Lipinski definition) is 14. The van der Waals surface area contributed by atoms with Gasteiger partial charge in [-0.1, -0.05) is 26.0 Å². The van der Waals surface area contributed by atoms with Crippen LogP contribution in [0.5, 0.6) is 11.6 Å². The molecule has 374 valence electrons. The van der Waals surface area contributed by atoms with E-state index in [1.165, 1.54) is 23.2 Å². The number of thiazole rings is 1. The number of carbonyl (C=O) groups excluding carboxylic acids is 4. The van der Waals surface area contributed by atoms with Crippen molar-refractivity contribution < 1.29 is 59.7 Å². The molecule has 0 spiro atoms. The van der Waals surface area contributed by atoms with E-state index in [4.69, 9.17) is 23.9 Å². The summed E-state index contributed by atoms with van der Waals surface area (Å²) in [5.41, 5.74) is -3.08. The summed E-state index contributed by atoms with van der Waals surface area (Å²) in [6.07, 6.45) is 0.974. The smallest absolute Gasteiger partial charge is 0.430 e. The highest BCUT2D eigenvalue weighted by atomic mass is 32.2. The zero-order chi connectivity index (χ0) is 49.5. The number of nitrogens with one attached hydrogen (secondary N) is 3. The highest BCUT2D eigenvalue weighted by molar-refractivity contribution is 7.91. The number of alkyl carbamates (subject to hydrolysis) is 1. The minimum Gasteiger partial charge on any atom is -0.488 e. The molecule has 8 unspecified atom stereocenters. The molecule has 2 aliphatic carbocycles. The lowest BCUT2D eigenvalue weighted by molar-refractivity contribution is -0.285. The van der Waals surface area contributed by atoms with Gasteiger partial charge in [-0.15, -0.1) is 11.3 Å². The van der Waals surface area contributed by atoms with Crippen molar-refractivity contribution in [1.29, 1.82) is 0 Å². The second-order valence-corrected chi connectivity index (χ2v) is 22.7. The molecule has 3 aromatic rings. The third kappa shape index (κ3) is 10.9. The topological polar surface area (TPSA) is 217 Å². The molecular formula is C47H58F3N7O10S2. The van der Waals surface area contributed by atoms with Gasteiger partial charge in [0.15, 0.2) is 0 Å². The zero-order valence-electron chi connectivity index (χ0n) is 39.0. The molecule has 0 aromatic carbocycles. The fraction of sp³-hybridized carbons (Fsp3) is 0.596. The molecule has 8 atom stereocenters. The molecule has 6 heterocycles. The lowest BCUT2D eigenvalue weighted by Crippen LogP contribution is -2.60. The maximum atomic E-state index is 15.2. The lowest BCUT2D eigenvalue weighted by Gasteiger charge is -2.38. The first-order chi connectivity index (χ1) is 32.6. The van der Waals surface area contributed by atoms with Gasteiger partial charge in [0.05, 0.1) is 29.7 Å². The van der Waals surface area contributed by atoms with Gasteiger partial charge in [0.1, 0.15) is 40.2 Å². The van der Waals surface area contributed by atoms with Crippen LogP contribution < -0.4 is 24.8 Å². The third-order valence-corrected chi connectivity index (χ3v) is 16.6. The SMILES string of the molecule is CC1CCC=CC2CC2(C(=O)NS(=O)(=O)C2(C)CC2)NC(=O)C2CC(Oc3cc(-c4ccc(OC(C)C)nc4)nc(-c4nccs4)c3)CN2C(=O)C(NC(=O)OC2(C(F)(F)F)CCCOC2)C(C)C1. The Kier molecular flexibility index (Phi) is 14.1. The molecule has 5 aliphatic rings. The molecule has 22 heteroatoms. The van der Waals surface area contributed by atoms with Crippen LogP contribution in [-0.4, -0.2) is 118 Å². The van der Waals surface area contributed by atoms with E-state index in [9.17, 15) is 36.0 Å². The molecule has 3 aliphatic heterocycles. The lowest BCUT2D eigenvalue weighted by atomic mass is 9.88. The molecule has 4 amide bonds. The third-order valence-electron chi connectivity index (χ3n) is 13.7. The van der Waals surface area contributed by atoms with Gasteiger partial charge < -0.3 is 34.5 Å². The van der Waals surface area contributed by atoms with Gasteiger partial charge in [-0.3, -0.25) is 19.1 Å². The van der Waals surface area contributed by atoms with Crippen molar-refractivity contribution in [2.75, 3.05) is 19.8 Å². The summed E-state index contributed by atoms with van der Waals surface area (Å²) in [7, 11) is -4.12. The van der Waals surface area contributed by atoms with Crippen molar-refractivity contribution in [1.82, 2.24) is 35.2 Å². The van der Waals surface area contributed by atoms with Crippen LogP contribution in [0, 0.1) is 17.8 Å². The van der Waals surface area contributed by atoms with Crippen LogP contribution in [0.3, 0.4) is 0 Å². The number of alkyl halides is 3. The van der Waals surface area contributed by atoms with Crippen molar-refractivity contribution in [3.05, 3.63) is 54.2 Å². The Balaban J connectivity index is 1.14. The van der Waals surface area contributed by atoms with Crippen LogP contribution in [0.1, 0.15) is 92.4 Å². The first-order valence-electron chi connectivity index (χ1n) is 23.3. The van der Waals surface area contributed by atoms with Crippen molar-refractivity contribution >= 4 is 45.2 Å². The van der Waals surface area contributed by atoms with Crippen LogP contribution in [0.15, 0.2) is 54.2 Å². The van der Waals surface area contributed by atoms with Gasteiger partial charge >= 0.3 is 12.3 Å². The number of rotatable bonds is 11. The molecule has 0 radical (unpaired) electrons. The van der Waals surface area contributed by atoms with Crippen LogP contribution in [0.2, 0.25) is 0 Å². The van der Waals surface area contributed by atoms with E-state index in [1.807, 2.05) is 26.8 Å². The summed E-state index contributed by atoms with van der Waals surface area (Å²) in [4.78, 5) is 72.7. The van der Waals surface area contributed by atoms with E-state index in [-0.39, 0.29) is 44.4 Å². The quantitative estimate of drug-likeness (QED) is 0.175. The summed E-state index contributed by atoms with van der Waals surface area (Å²) in [6.45, 7) is 7.84. The Hall–Kier alpha value is -5.35. The van der Waals surface area contributed by atoms with E-state index in [0.29, 0.717) is 65.7 Å². The van der Waals surface area contributed by atoms with E-state index < -0.39 is 99.0 Å². The Morgan fingerprint density at radius 3 is 2.49 bits per heavy atom. The monoisotopic (exact) mass is 1000 g/mol. The van der Waals surface area contributed by atoms with Crippen LogP contribution in [-0.2, 0) is 33.9 Å². The molecule has 0 bridgehead atoms. The van der Waals surface area contributed by atoms with Crippen LogP contribution >= 0.6 is 11.3 Å². The van der Waals surface area contributed by atoms with Crippen LogP contribution in [0.4, 0.5) is 18.0 Å². The summed E-state index contributed by atoms with van der Waals surface area (Å²) < 4.78 is 94.1. The summed E-state index contributed by atoms with van der Waals surface area (Å²) in [6, 6.07) is 3.99. The summed E-state index contributed by atoms with van der Waals surface area (Å²) >= 11 is 1.35. The number of halogens is 3. The Bertz CT molecular complexity index is 2540. The largest absolute Gasteiger partial charge is 0.488 e. The number of allylic oxidation sites excluding steroid dienone is 1. The number of pyridine rings is 2. The van der Waals surface area contributed by atoms with Crippen molar-refractivity contribution in [2.45, 2.75) is 139 Å². The molecule has 4 fully saturated rings. The predicted molar refractivity (Wildman–Crippen MR) is 246 cm³/mol. The van der Waals surface area contributed by atoms with E-state index in [0.717, 1.165) is 0 Å². The number of carbonyl (C=O) groups is 4. The molecule has 8 rings (SSSR count). The first kappa shape index (κ1) is 50.1. The molecule has 3 N–H and O–H groups in total. The number of aromatic nitrogens is 3. The van der Waals surface area contributed by atoms with Gasteiger partial charge in [0.2, 0.25) is 33.3 Å². The molecular weight excluding hydrogens is 944 g/mol. The van der Waals surface area contributed by atoms with Gasteiger partial charge in [0.25, 0.3) is 5.91 Å². The number of amides is 4. The fourth-order valence-electron chi connectivity index (χ4n) is 9.28. The van der Waals surface area contributed by atoms with E-state index in [1.54, 1.807) is 55.0 Å². The van der Waals surface area contributed by atoms with Crippen molar-refractivity contribution in [2.24, 2.45) is 17.8 Å². The average molecular weight is 1000 g/mol. The van der Waals surface area contributed by atoms with E-state index >= 15 is 4.79 Å². The second-order valence-electron chi connectivity index (χ2n) is 19.6. The number of fused-ring (bicyclic) bond motifs is 2. The first-order valence-corrected chi connectivity index (χ1v) is 25.7. The minimum atomic E-state index is -4.99. The fourth-order valence-corrected chi connectivity index (χ4v) is 11.2. The molecule has 69 heavy (non-hydrogen) atoms. The van der Waals surface area contributed by atoms with E-state index in [2.05, 4.69) is 25.3 Å². The molecule has 3 aromatic heterocycles. The second kappa shape index (κ2) is 19.4. The predicted octanol–water partition coefficient (Wildman–Crippen LogP) is 6.49. The van der Waals surface area contributed by atoms with Gasteiger partial charge in [-0.2, -0.15) is 13.2 Å². The minimum absolute atomic E-state index is 0.0180. The average Bonchev–Trinajstić information content (AvgIpc) is 4.04. The Labute approximate surface area is 402 Å². The maximum absolute atomic E-state index is 15.2. The Morgan fingerprint density at radius 2 is 1.84 bits per heavy atom. The standard InChI is InChI=1S/C47H58F3N7O10S2/c1-27(2)65-37-12-11-30(24-52-37)34-20-32(21-35(53-34)40-51-16-18-68-40)66-33-22-36-39(58)55-46(42(60)56-69(62,63)44(5)14-15-44)23-31(46)10-7-6-9-28(3)19-29(4)38(41(59)57(36)25-33)54-43(61)67-45(47(48,49)50)13-8-17-64-26-45/h7,10-12,16,18,20-21,24,27-29,31,33,36,38H,6,8-9,13-15,17,19,22-23,25-26H2,1-5H3,(H,54,61)(H,55,58)(H,56,60). The van der Waals surface area contributed by atoms with Crippen LogP contribution in [0.25, 0.3) is 22.0 Å². The van der Waals surface area contributed by atoms with Gasteiger partial charge in [-0.05, 0) is 83.6 Å². The van der Waals surface area contributed by atoms with Crippen molar-refractivity contribution in [3.63, 3.8) is 0 Å². The van der Waals surface area contributed by atoms with Crippen molar-refractivity contribution in [3.8, 4) is 33.6 Å². The normalized spacial score (nSPS) is 29.4. The zero-order valence-corrected chi connectivity index (χ0v) is 40.7. The highest BCUT2D eigenvalue weighted by Gasteiger charge is 2.63. The van der Waals surface area contributed by atoms with Gasteiger partial charge in [-0.25, -0.2) is 28.2 Å².